The summed E-state index contributed by atoms with van der Waals surface area (Å²) in [6, 6.07) is 8.20. The largest absolute Gasteiger partial charge is 0.495 e. The molecule has 1 N–H and O–H groups in total. The summed E-state index contributed by atoms with van der Waals surface area (Å²) >= 11 is 3.42. The second-order valence-electron chi connectivity index (χ2n) is 4.54. The monoisotopic (exact) mass is 294 g/mol. The smallest absolute Gasteiger partial charge is 0.135 e. The van der Waals surface area contributed by atoms with Crippen LogP contribution in [0.3, 0.4) is 0 Å². The van der Waals surface area contributed by atoms with Gasteiger partial charge in [-0.2, -0.15) is 5.26 Å². The standard InChI is InChI=1S/C13H15BrN2O/c1-17-12-8-10(2-3-11(12)14)16-9-13(4-5-13)6-7-15/h2-3,8,16H,4-6,9H2,1H3. The van der Waals surface area contributed by atoms with Crippen LogP contribution in [-0.2, 0) is 0 Å². The summed E-state index contributed by atoms with van der Waals surface area (Å²) in [6.07, 6.45) is 2.95. The SMILES string of the molecule is COc1cc(NCC2(CC#N)CC2)ccc1Br. The molecule has 0 radical (unpaired) electrons. The third-order valence-corrected chi connectivity index (χ3v) is 3.88. The Balaban J connectivity index is 1.98. The Labute approximate surface area is 110 Å². The van der Waals surface area contributed by atoms with Gasteiger partial charge in [-0.1, -0.05) is 0 Å². The van der Waals surface area contributed by atoms with Crippen LogP contribution in [0.15, 0.2) is 22.7 Å². The van der Waals surface area contributed by atoms with Crippen LogP contribution in [0.4, 0.5) is 5.69 Å². The summed E-state index contributed by atoms with van der Waals surface area (Å²) in [4.78, 5) is 0. The fourth-order valence-electron chi connectivity index (χ4n) is 1.82. The lowest BCUT2D eigenvalue weighted by molar-refractivity contribution is 0.412. The van der Waals surface area contributed by atoms with E-state index in [9.17, 15) is 0 Å². The van der Waals surface area contributed by atoms with Crippen molar-refractivity contribution in [3.8, 4) is 11.8 Å². The van der Waals surface area contributed by atoms with Crippen molar-refractivity contribution in [2.45, 2.75) is 19.3 Å². The van der Waals surface area contributed by atoms with E-state index < -0.39 is 0 Å². The van der Waals surface area contributed by atoms with Crippen molar-refractivity contribution in [3.63, 3.8) is 0 Å². The maximum absolute atomic E-state index is 8.75. The molecular weight excluding hydrogens is 280 g/mol. The molecule has 0 atom stereocenters. The van der Waals surface area contributed by atoms with Crippen LogP contribution < -0.4 is 10.1 Å². The minimum Gasteiger partial charge on any atom is -0.495 e. The van der Waals surface area contributed by atoms with Crippen LogP contribution in [0.5, 0.6) is 5.75 Å². The van der Waals surface area contributed by atoms with Gasteiger partial charge in [0.15, 0.2) is 0 Å². The average Bonchev–Trinajstić information content (AvgIpc) is 3.09. The molecule has 0 saturated heterocycles. The van der Waals surface area contributed by atoms with Gasteiger partial charge in [-0.15, -0.1) is 0 Å². The molecule has 3 nitrogen and oxygen atoms in total. The first-order chi connectivity index (χ1) is 8.19. The van der Waals surface area contributed by atoms with E-state index in [1.165, 1.54) is 0 Å². The van der Waals surface area contributed by atoms with E-state index in [-0.39, 0.29) is 5.41 Å². The zero-order valence-electron chi connectivity index (χ0n) is 9.79. The molecule has 0 unspecified atom stereocenters. The number of nitriles is 1. The summed E-state index contributed by atoms with van der Waals surface area (Å²) in [7, 11) is 1.65. The Kier molecular flexibility index (Phi) is 3.58. The number of anilines is 1. The van der Waals surface area contributed by atoms with E-state index in [4.69, 9.17) is 10.00 Å². The van der Waals surface area contributed by atoms with Gasteiger partial charge >= 0.3 is 0 Å². The first-order valence-corrected chi connectivity index (χ1v) is 6.43. The van der Waals surface area contributed by atoms with Crippen molar-refractivity contribution >= 4 is 21.6 Å². The highest BCUT2D eigenvalue weighted by Crippen LogP contribution is 2.48. The number of nitrogens with one attached hydrogen (secondary N) is 1. The Bertz CT molecular complexity index is 449. The van der Waals surface area contributed by atoms with Gasteiger partial charge in [0.2, 0.25) is 0 Å². The molecule has 1 fully saturated rings. The summed E-state index contributed by atoms with van der Waals surface area (Å²) in [5.41, 5.74) is 1.25. The maximum atomic E-state index is 8.75. The maximum Gasteiger partial charge on any atom is 0.135 e. The lowest BCUT2D eigenvalue weighted by Crippen LogP contribution is -2.14. The number of ether oxygens (including phenoxy) is 1. The molecule has 4 heteroatoms. The topological polar surface area (TPSA) is 45.0 Å². The van der Waals surface area contributed by atoms with E-state index in [0.717, 1.165) is 35.3 Å². The van der Waals surface area contributed by atoms with Crippen LogP contribution in [-0.4, -0.2) is 13.7 Å². The molecule has 1 saturated carbocycles. The number of rotatable bonds is 5. The fraction of sp³-hybridized carbons (Fsp3) is 0.462. The molecule has 0 aromatic heterocycles. The number of methoxy groups -OCH3 is 1. The first kappa shape index (κ1) is 12.3. The predicted molar refractivity (Wildman–Crippen MR) is 71.1 cm³/mol. The minimum atomic E-state index is 0.217. The highest BCUT2D eigenvalue weighted by Gasteiger charge is 2.42. The molecule has 2 rings (SSSR count). The van der Waals surface area contributed by atoms with Crippen LogP contribution in [0.2, 0.25) is 0 Å². The van der Waals surface area contributed by atoms with Gasteiger partial charge in [-0.3, -0.25) is 0 Å². The number of hydrogen-bond acceptors (Lipinski definition) is 3. The zero-order valence-corrected chi connectivity index (χ0v) is 11.4. The third kappa shape index (κ3) is 2.92. The zero-order chi connectivity index (χ0) is 12.3. The predicted octanol–water partition coefficient (Wildman–Crippen LogP) is 3.56. The molecule has 17 heavy (non-hydrogen) atoms. The lowest BCUT2D eigenvalue weighted by atomic mass is 10.0. The van der Waals surface area contributed by atoms with Gasteiger partial charge in [-0.05, 0) is 40.9 Å². The van der Waals surface area contributed by atoms with Crippen LogP contribution in [0, 0.1) is 16.7 Å². The van der Waals surface area contributed by atoms with Crippen molar-refractivity contribution in [2.24, 2.45) is 5.41 Å². The number of halogens is 1. The Hall–Kier alpha value is -1.21. The van der Waals surface area contributed by atoms with Gasteiger partial charge in [0, 0.05) is 30.1 Å². The van der Waals surface area contributed by atoms with Gasteiger partial charge in [-0.25, -0.2) is 0 Å². The quantitative estimate of drug-likeness (QED) is 0.903. The van der Waals surface area contributed by atoms with Gasteiger partial charge in [0.25, 0.3) is 0 Å². The second kappa shape index (κ2) is 4.97. The van der Waals surface area contributed by atoms with Gasteiger partial charge < -0.3 is 10.1 Å². The molecule has 1 aromatic rings. The van der Waals surface area contributed by atoms with Crippen molar-refractivity contribution in [1.82, 2.24) is 0 Å². The summed E-state index contributed by atoms with van der Waals surface area (Å²) in [5.74, 6) is 0.820. The molecule has 1 aromatic carbocycles. The molecule has 0 spiro atoms. The molecule has 0 amide bonds. The fourth-order valence-corrected chi connectivity index (χ4v) is 2.23. The van der Waals surface area contributed by atoms with Crippen LogP contribution in [0.25, 0.3) is 0 Å². The van der Waals surface area contributed by atoms with Crippen molar-refractivity contribution in [1.29, 1.82) is 5.26 Å². The van der Waals surface area contributed by atoms with Crippen LogP contribution >= 0.6 is 15.9 Å². The van der Waals surface area contributed by atoms with E-state index in [1.54, 1.807) is 7.11 Å². The number of benzene rings is 1. The Morgan fingerprint density at radius 2 is 2.29 bits per heavy atom. The second-order valence-corrected chi connectivity index (χ2v) is 5.39. The lowest BCUT2D eigenvalue weighted by Gasteiger charge is -2.14. The molecule has 0 heterocycles. The Morgan fingerprint density at radius 3 is 2.88 bits per heavy atom. The summed E-state index contributed by atoms with van der Waals surface area (Å²) in [6.45, 7) is 0.866. The summed E-state index contributed by atoms with van der Waals surface area (Å²) in [5, 5.41) is 12.1. The minimum absolute atomic E-state index is 0.217. The normalized spacial score (nSPS) is 16.1. The Morgan fingerprint density at radius 1 is 1.53 bits per heavy atom. The van der Waals surface area contributed by atoms with Crippen molar-refractivity contribution < 1.29 is 4.74 Å². The average molecular weight is 295 g/mol. The van der Waals surface area contributed by atoms with E-state index in [0.29, 0.717) is 6.42 Å². The van der Waals surface area contributed by atoms with Crippen molar-refractivity contribution in [3.05, 3.63) is 22.7 Å². The molecule has 1 aliphatic carbocycles. The summed E-state index contributed by atoms with van der Waals surface area (Å²) < 4.78 is 6.19. The highest BCUT2D eigenvalue weighted by atomic mass is 79.9. The molecule has 0 bridgehead atoms. The number of hydrogen-bond donors (Lipinski definition) is 1. The molecular formula is C13H15BrN2O. The van der Waals surface area contributed by atoms with Crippen molar-refractivity contribution in [2.75, 3.05) is 19.0 Å². The molecule has 1 aliphatic rings. The van der Waals surface area contributed by atoms with E-state index in [1.807, 2.05) is 18.2 Å². The first-order valence-electron chi connectivity index (χ1n) is 5.63. The van der Waals surface area contributed by atoms with E-state index in [2.05, 4.69) is 27.3 Å². The van der Waals surface area contributed by atoms with Gasteiger partial charge in [0.1, 0.15) is 5.75 Å². The molecule has 90 valence electrons. The number of nitrogens with zero attached hydrogens (tertiary/aromatic N) is 1. The van der Waals surface area contributed by atoms with Crippen LogP contribution in [0.1, 0.15) is 19.3 Å². The third-order valence-electron chi connectivity index (χ3n) is 3.23. The highest BCUT2D eigenvalue weighted by molar-refractivity contribution is 9.10. The van der Waals surface area contributed by atoms with E-state index >= 15 is 0 Å². The van der Waals surface area contributed by atoms with Gasteiger partial charge in [0.05, 0.1) is 17.7 Å². The molecule has 0 aliphatic heterocycles.